The number of aliphatic hydroxyl groups excluding tert-OH is 1. The fraction of sp³-hybridized carbons (Fsp3) is 0.100. The molecule has 1 heterocycles. The van der Waals surface area contributed by atoms with Crippen molar-refractivity contribution in [3.63, 3.8) is 0 Å². The first kappa shape index (κ1) is 9.18. The Morgan fingerprint density at radius 1 is 1.36 bits per heavy atom. The van der Waals surface area contributed by atoms with Gasteiger partial charge in [0.25, 0.3) is 0 Å². The van der Waals surface area contributed by atoms with Crippen LogP contribution < -0.4 is 0 Å². The minimum Gasteiger partial charge on any atom is -0.499 e. The zero-order valence-corrected chi connectivity index (χ0v) is 8.04. The Hall–Kier alpha value is -1.39. The molecule has 0 saturated carbocycles. The molecule has 1 aromatic heterocycles. The standard InChI is InChI=1S/C10H8O3S/c11-4-6-1-7(5-12)8-3-10(13)14-9(8)2-6/h1-3,5,11,13H,4H2. The number of carbonyl (C=O) groups is 1. The number of hydrogen-bond acceptors (Lipinski definition) is 4. The van der Waals surface area contributed by atoms with Gasteiger partial charge in [0.2, 0.25) is 0 Å². The molecule has 72 valence electrons. The Morgan fingerprint density at radius 2 is 2.14 bits per heavy atom. The van der Waals surface area contributed by atoms with E-state index in [1.54, 1.807) is 18.2 Å². The van der Waals surface area contributed by atoms with Gasteiger partial charge in [0, 0.05) is 21.7 Å². The first-order valence-corrected chi connectivity index (χ1v) is 4.87. The van der Waals surface area contributed by atoms with Crippen LogP contribution in [0, 0.1) is 0 Å². The van der Waals surface area contributed by atoms with Crippen LogP contribution in [-0.2, 0) is 6.61 Å². The molecular weight excluding hydrogens is 200 g/mol. The lowest BCUT2D eigenvalue weighted by atomic mass is 10.1. The van der Waals surface area contributed by atoms with Gasteiger partial charge in [-0.1, -0.05) is 11.3 Å². The summed E-state index contributed by atoms with van der Waals surface area (Å²) in [6.07, 6.45) is 0.730. The first-order valence-electron chi connectivity index (χ1n) is 4.06. The summed E-state index contributed by atoms with van der Waals surface area (Å²) < 4.78 is 0.816. The topological polar surface area (TPSA) is 57.5 Å². The van der Waals surface area contributed by atoms with Crippen LogP contribution in [0.25, 0.3) is 10.1 Å². The predicted molar refractivity (Wildman–Crippen MR) is 54.8 cm³/mol. The molecule has 14 heavy (non-hydrogen) atoms. The molecule has 0 fully saturated rings. The zero-order valence-electron chi connectivity index (χ0n) is 7.23. The lowest BCUT2D eigenvalue weighted by Crippen LogP contribution is -1.87. The van der Waals surface area contributed by atoms with Crippen LogP contribution in [0.4, 0.5) is 0 Å². The van der Waals surface area contributed by atoms with Crippen LogP contribution in [-0.4, -0.2) is 16.5 Å². The molecule has 0 amide bonds. The summed E-state index contributed by atoms with van der Waals surface area (Å²) in [5.74, 6) is 0. The van der Waals surface area contributed by atoms with Crippen molar-refractivity contribution >= 4 is 27.7 Å². The number of carbonyl (C=O) groups excluding carboxylic acids is 1. The van der Waals surface area contributed by atoms with Crippen molar-refractivity contribution in [3.8, 4) is 5.06 Å². The van der Waals surface area contributed by atoms with Crippen LogP contribution in [0.15, 0.2) is 18.2 Å². The largest absolute Gasteiger partial charge is 0.499 e. The summed E-state index contributed by atoms with van der Waals surface area (Å²) in [5, 5.41) is 19.1. The van der Waals surface area contributed by atoms with E-state index in [0.717, 1.165) is 16.4 Å². The smallest absolute Gasteiger partial charge is 0.172 e. The van der Waals surface area contributed by atoms with E-state index in [9.17, 15) is 9.90 Å². The first-order chi connectivity index (χ1) is 6.74. The van der Waals surface area contributed by atoms with Gasteiger partial charge in [-0.3, -0.25) is 4.79 Å². The van der Waals surface area contributed by atoms with Gasteiger partial charge in [0.05, 0.1) is 6.61 Å². The minimum absolute atomic E-state index is 0.102. The number of rotatable bonds is 2. The Balaban J connectivity index is 2.78. The van der Waals surface area contributed by atoms with E-state index in [0.29, 0.717) is 11.1 Å². The van der Waals surface area contributed by atoms with Gasteiger partial charge < -0.3 is 10.2 Å². The van der Waals surface area contributed by atoms with E-state index in [1.807, 2.05) is 0 Å². The van der Waals surface area contributed by atoms with Crippen molar-refractivity contribution in [2.45, 2.75) is 6.61 Å². The molecule has 0 unspecified atom stereocenters. The number of aromatic hydroxyl groups is 1. The number of fused-ring (bicyclic) bond motifs is 1. The van der Waals surface area contributed by atoms with Crippen molar-refractivity contribution < 1.29 is 15.0 Å². The van der Waals surface area contributed by atoms with E-state index in [2.05, 4.69) is 0 Å². The van der Waals surface area contributed by atoms with Gasteiger partial charge in [-0.2, -0.15) is 0 Å². The Kier molecular flexibility index (Phi) is 2.23. The van der Waals surface area contributed by atoms with Crippen molar-refractivity contribution in [3.05, 3.63) is 29.3 Å². The summed E-state index contributed by atoms with van der Waals surface area (Å²) in [5.41, 5.74) is 1.18. The van der Waals surface area contributed by atoms with E-state index in [-0.39, 0.29) is 11.7 Å². The lowest BCUT2D eigenvalue weighted by molar-refractivity contribution is 0.112. The monoisotopic (exact) mass is 208 g/mol. The average molecular weight is 208 g/mol. The second kappa shape index (κ2) is 3.40. The highest BCUT2D eigenvalue weighted by Crippen LogP contribution is 2.33. The van der Waals surface area contributed by atoms with E-state index in [4.69, 9.17) is 5.11 Å². The van der Waals surface area contributed by atoms with Crippen molar-refractivity contribution in [1.29, 1.82) is 0 Å². The average Bonchev–Trinajstić information content (AvgIpc) is 2.56. The van der Waals surface area contributed by atoms with Gasteiger partial charge in [-0.05, 0) is 17.7 Å². The Bertz CT molecular complexity index is 487. The summed E-state index contributed by atoms with van der Waals surface area (Å²) in [6.45, 7) is -0.102. The molecule has 0 atom stereocenters. The highest BCUT2D eigenvalue weighted by atomic mass is 32.1. The fourth-order valence-electron chi connectivity index (χ4n) is 1.40. The number of thiophene rings is 1. The minimum atomic E-state index is -0.102. The number of aliphatic hydroxyl groups is 1. The van der Waals surface area contributed by atoms with Gasteiger partial charge in [0.15, 0.2) is 11.3 Å². The summed E-state index contributed by atoms with van der Waals surface area (Å²) in [6, 6.07) is 4.96. The van der Waals surface area contributed by atoms with Gasteiger partial charge in [-0.15, -0.1) is 0 Å². The molecular formula is C10H8O3S. The highest BCUT2D eigenvalue weighted by Gasteiger charge is 2.07. The second-order valence-corrected chi connectivity index (χ2v) is 4.02. The van der Waals surface area contributed by atoms with Gasteiger partial charge in [0.1, 0.15) is 0 Å². The second-order valence-electron chi connectivity index (χ2n) is 2.96. The maximum Gasteiger partial charge on any atom is 0.172 e. The van der Waals surface area contributed by atoms with Crippen LogP contribution in [0.5, 0.6) is 5.06 Å². The molecule has 3 nitrogen and oxygen atoms in total. The fourth-order valence-corrected chi connectivity index (χ4v) is 2.30. The molecule has 0 bridgehead atoms. The zero-order chi connectivity index (χ0) is 10.1. The van der Waals surface area contributed by atoms with Crippen molar-refractivity contribution in [2.24, 2.45) is 0 Å². The third-order valence-corrected chi connectivity index (χ3v) is 2.91. The van der Waals surface area contributed by atoms with Crippen LogP contribution in [0.1, 0.15) is 15.9 Å². The maximum absolute atomic E-state index is 10.7. The molecule has 0 aliphatic rings. The molecule has 2 rings (SSSR count). The Labute approximate surface area is 84.2 Å². The van der Waals surface area contributed by atoms with E-state index < -0.39 is 0 Å². The predicted octanol–water partition coefficient (Wildman–Crippen LogP) is 1.91. The summed E-state index contributed by atoms with van der Waals surface area (Å²) in [7, 11) is 0. The van der Waals surface area contributed by atoms with Crippen molar-refractivity contribution in [1.82, 2.24) is 0 Å². The third kappa shape index (κ3) is 1.38. The van der Waals surface area contributed by atoms with Crippen LogP contribution in [0.3, 0.4) is 0 Å². The lowest BCUT2D eigenvalue weighted by Gasteiger charge is -1.98. The quantitative estimate of drug-likeness (QED) is 0.741. The molecule has 0 radical (unpaired) electrons. The molecule has 0 aliphatic carbocycles. The molecule has 2 aromatic rings. The van der Waals surface area contributed by atoms with Crippen LogP contribution in [0.2, 0.25) is 0 Å². The molecule has 0 aliphatic heterocycles. The SMILES string of the molecule is O=Cc1cc(CO)cc2sc(O)cc12. The highest BCUT2D eigenvalue weighted by molar-refractivity contribution is 7.20. The number of aldehydes is 1. The van der Waals surface area contributed by atoms with Crippen molar-refractivity contribution in [2.75, 3.05) is 0 Å². The van der Waals surface area contributed by atoms with Crippen LogP contribution >= 0.6 is 11.3 Å². The summed E-state index contributed by atoms with van der Waals surface area (Å²) in [4.78, 5) is 10.7. The molecule has 2 N–H and O–H groups in total. The molecule has 1 aromatic carbocycles. The van der Waals surface area contributed by atoms with E-state index in [1.165, 1.54) is 11.3 Å². The molecule has 0 spiro atoms. The molecule has 0 saturated heterocycles. The van der Waals surface area contributed by atoms with Gasteiger partial charge >= 0.3 is 0 Å². The molecule has 4 heteroatoms. The Morgan fingerprint density at radius 3 is 2.79 bits per heavy atom. The third-order valence-electron chi connectivity index (χ3n) is 2.03. The number of hydrogen-bond donors (Lipinski definition) is 2. The van der Waals surface area contributed by atoms with Gasteiger partial charge in [-0.25, -0.2) is 0 Å². The van der Waals surface area contributed by atoms with E-state index >= 15 is 0 Å². The maximum atomic E-state index is 10.7. The summed E-state index contributed by atoms with van der Waals surface area (Å²) >= 11 is 1.20. The number of benzene rings is 1. The normalized spacial score (nSPS) is 10.6.